The number of allylic oxidation sites excluding steroid dienone is 5. The highest BCUT2D eigenvalue weighted by Crippen LogP contribution is 2.34. The average Bonchev–Trinajstić information content (AvgIpc) is 3.10. The van der Waals surface area contributed by atoms with Crippen molar-refractivity contribution < 1.29 is 43.5 Å². The second-order valence-corrected chi connectivity index (χ2v) is 15.9. The molecule has 5 rings (SSSR count). The van der Waals surface area contributed by atoms with Gasteiger partial charge in [-0.3, -0.25) is 13.7 Å². The van der Waals surface area contributed by atoms with E-state index in [-0.39, 0.29) is 26.8 Å². The molecular weight excluding hydrogens is 713 g/mol. The molecule has 14 heteroatoms. The maximum absolute atomic E-state index is 12.5. The molecule has 0 radical (unpaired) electrons. The van der Waals surface area contributed by atoms with Gasteiger partial charge >= 0.3 is 0 Å². The van der Waals surface area contributed by atoms with Crippen LogP contribution in [0.4, 0.5) is 5.69 Å². The molecule has 266 valence electrons. The van der Waals surface area contributed by atoms with Crippen molar-refractivity contribution in [1.29, 1.82) is 0 Å². The maximum Gasteiger partial charge on any atom is 0.295 e. The Bertz CT molecular complexity index is 2410. The van der Waals surface area contributed by atoms with Gasteiger partial charge in [-0.1, -0.05) is 61.5 Å². The van der Waals surface area contributed by atoms with Crippen LogP contribution in [-0.2, 0) is 49.9 Å². The zero-order chi connectivity index (χ0) is 37.0. The van der Waals surface area contributed by atoms with E-state index in [1.165, 1.54) is 30.3 Å². The smallest absolute Gasteiger partial charge is 0.295 e. The number of anilines is 1. The largest absolute Gasteiger partial charge is 0.381 e. The van der Waals surface area contributed by atoms with Gasteiger partial charge in [0.15, 0.2) is 12.3 Å². The Hall–Kier alpha value is -4.70. The number of aryl methyl sites for hydroxylation is 1. The van der Waals surface area contributed by atoms with E-state index in [2.05, 4.69) is 5.32 Å². The molecule has 0 amide bonds. The van der Waals surface area contributed by atoms with Gasteiger partial charge in [0.05, 0.1) is 9.79 Å². The van der Waals surface area contributed by atoms with Crippen molar-refractivity contribution in [3.63, 3.8) is 0 Å². The van der Waals surface area contributed by atoms with Gasteiger partial charge in [0, 0.05) is 35.5 Å². The fourth-order valence-electron chi connectivity index (χ4n) is 5.83. The number of hydrogen-bond donors (Lipinski definition) is 4. The molecule has 11 nitrogen and oxygen atoms in total. The minimum absolute atomic E-state index is 0.129. The Morgan fingerprint density at radius 1 is 0.667 bits per heavy atom. The summed E-state index contributed by atoms with van der Waals surface area (Å²) in [4.78, 5) is -0.581. The van der Waals surface area contributed by atoms with Crippen molar-refractivity contribution in [2.45, 2.75) is 48.0 Å². The van der Waals surface area contributed by atoms with Gasteiger partial charge in [-0.25, -0.2) is 4.58 Å². The lowest BCUT2D eigenvalue weighted by Crippen LogP contribution is -2.19. The summed E-state index contributed by atoms with van der Waals surface area (Å²) in [7, 11) is -13.3. The van der Waals surface area contributed by atoms with Crippen molar-refractivity contribution in [3.05, 3.63) is 149 Å². The molecule has 0 saturated carbocycles. The minimum Gasteiger partial charge on any atom is -0.381 e. The van der Waals surface area contributed by atoms with Crippen LogP contribution in [0.5, 0.6) is 0 Å². The van der Waals surface area contributed by atoms with Gasteiger partial charge in [-0.15, -0.1) is 0 Å². The summed E-state index contributed by atoms with van der Waals surface area (Å²) in [6.07, 6.45) is 7.84. The van der Waals surface area contributed by atoms with Crippen molar-refractivity contribution in [2.24, 2.45) is 0 Å². The molecule has 0 spiro atoms. The van der Waals surface area contributed by atoms with Crippen LogP contribution in [0.1, 0.15) is 41.7 Å². The highest BCUT2D eigenvalue weighted by atomic mass is 32.2. The van der Waals surface area contributed by atoms with Crippen LogP contribution in [0.2, 0.25) is 0 Å². The molecule has 0 saturated heterocycles. The fraction of sp³-hybridized carbons (Fsp3) is 0.162. The predicted octanol–water partition coefficient (Wildman–Crippen LogP) is 6.20. The zero-order valence-corrected chi connectivity index (χ0v) is 30.2. The number of nitrogens with zero attached hydrogens (tertiary/aromatic N) is 1. The van der Waals surface area contributed by atoms with Gasteiger partial charge in [0.25, 0.3) is 30.4 Å². The Balaban J connectivity index is 1.50. The molecule has 4 aromatic rings. The number of hydrogen-bond acceptors (Lipinski definition) is 7. The number of benzene rings is 4. The third-order valence-corrected chi connectivity index (χ3v) is 11.1. The van der Waals surface area contributed by atoms with E-state index < -0.39 is 30.4 Å². The van der Waals surface area contributed by atoms with Gasteiger partial charge < -0.3 is 5.32 Å². The van der Waals surface area contributed by atoms with Crippen LogP contribution in [0.15, 0.2) is 136 Å². The minimum atomic E-state index is -4.60. The van der Waals surface area contributed by atoms with E-state index >= 15 is 0 Å². The number of nitrogens with one attached hydrogen (secondary N) is 1. The molecule has 4 aromatic carbocycles. The fourth-order valence-corrected chi connectivity index (χ4v) is 7.92. The molecule has 1 aliphatic carbocycles. The molecule has 0 atom stereocenters. The molecule has 0 unspecified atom stereocenters. The SMILES string of the molecule is CCc1ccc(CNc2ccc(C(=C3C=CC(=[N+](CC)Cc4cccc(S(=O)(=O)O)c4)C=C3)c3ccccc3S(=O)(=O)O)cc2)cc1S(=O)(=O)O. The monoisotopic (exact) mass is 749 g/mol. The molecule has 0 aliphatic heterocycles. The first kappa shape index (κ1) is 37.6. The van der Waals surface area contributed by atoms with Crippen molar-refractivity contribution in [3.8, 4) is 0 Å². The second-order valence-electron chi connectivity index (χ2n) is 11.7. The summed E-state index contributed by atoms with van der Waals surface area (Å²) in [6.45, 7) is 4.95. The van der Waals surface area contributed by atoms with Gasteiger partial charge in [0.2, 0.25) is 0 Å². The topological polar surface area (TPSA) is 178 Å². The first-order valence-electron chi connectivity index (χ1n) is 15.9. The summed E-state index contributed by atoms with van der Waals surface area (Å²) in [5, 5.41) is 3.24. The molecule has 0 fully saturated rings. The Morgan fingerprint density at radius 3 is 1.94 bits per heavy atom. The summed E-state index contributed by atoms with van der Waals surface area (Å²) in [5.74, 6) is 0. The average molecular weight is 750 g/mol. The van der Waals surface area contributed by atoms with Crippen molar-refractivity contribution >= 4 is 47.3 Å². The van der Waals surface area contributed by atoms with E-state index in [1.54, 1.807) is 67.6 Å². The molecule has 1 aliphatic rings. The van der Waals surface area contributed by atoms with Crippen molar-refractivity contribution in [1.82, 2.24) is 0 Å². The molecule has 0 bridgehead atoms. The van der Waals surface area contributed by atoms with E-state index in [4.69, 9.17) is 0 Å². The maximum atomic E-state index is 12.5. The molecule has 51 heavy (non-hydrogen) atoms. The van der Waals surface area contributed by atoms with Crippen LogP contribution in [0.3, 0.4) is 0 Å². The lowest BCUT2D eigenvalue weighted by molar-refractivity contribution is -0.539. The van der Waals surface area contributed by atoms with Gasteiger partial charge in [0.1, 0.15) is 11.4 Å². The molecule has 0 heterocycles. The highest BCUT2D eigenvalue weighted by Gasteiger charge is 2.22. The third kappa shape index (κ3) is 9.16. The third-order valence-electron chi connectivity index (χ3n) is 8.37. The molecular formula is C37H37N2O9S3+. The summed E-state index contributed by atoms with van der Waals surface area (Å²) in [5.41, 5.74) is 5.48. The summed E-state index contributed by atoms with van der Waals surface area (Å²) in [6, 6.07) is 24.3. The van der Waals surface area contributed by atoms with Crippen LogP contribution in [0.25, 0.3) is 5.57 Å². The Labute approximate surface area is 298 Å². The van der Waals surface area contributed by atoms with Crippen LogP contribution >= 0.6 is 0 Å². The summed E-state index contributed by atoms with van der Waals surface area (Å²) < 4.78 is 103. The highest BCUT2D eigenvalue weighted by molar-refractivity contribution is 7.86. The van der Waals surface area contributed by atoms with Crippen LogP contribution in [0, 0.1) is 0 Å². The van der Waals surface area contributed by atoms with Crippen LogP contribution in [-0.4, -0.2) is 55.7 Å². The molecule has 4 N–H and O–H groups in total. The lowest BCUT2D eigenvalue weighted by Gasteiger charge is -2.17. The zero-order valence-electron chi connectivity index (χ0n) is 27.8. The number of rotatable bonds is 12. The Kier molecular flexibility index (Phi) is 11.2. The standard InChI is InChI=1S/C37H36N2O9S3/c1-3-28-13-12-26(23-36(28)51(46,47)48)24-38-31-18-14-29(15-19-31)37(34-10-5-6-11-35(34)50(43,44)45)30-16-20-32(21-17-30)39(4-2)25-27-8-7-9-33(22-27)49(40,41)42/h5-23H,3-4,24-25H2,1-2H3,(H3,40,41,42,43,44,45,46,47,48)/p+1. The van der Waals surface area contributed by atoms with Crippen molar-refractivity contribution in [2.75, 3.05) is 11.9 Å². The predicted molar refractivity (Wildman–Crippen MR) is 196 cm³/mol. The van der Waals surface area contributed by atoms with Gasteiger partial charge in [-0.2, -0.15) is 25.3 Å². The lowest BCUT2D eigenvalue weighted by atomic mass is 9.90. The van der Waals surface area contributed by atoms with E-state index in [0.717, 1.165) is 5.71 Å². The summed E-state index contributed by atoms with van der Waals surface area (Å²) >= 11 is 0. The second kappa shape index (κ2) is 15.3. The van der Waals surface area contributed by atoms with Gasteiger partial charge in [-0.05, 0) is 89.7 Å². The normalized spacial score (nSPS) is 13.4. The quantitative estimate of drug-likeness (QED) is 0.0963. The van der Waals surface area contributed by atoms with Crippen LogP contribution < -0.4 is 5.32 Å². The first-order chi connectivity index (χ1) is 24.1. The van der Waals surface area contributed by atoms with E-state index in [1.807, 2.05) is 35.8 Å². The molecule has 0 aromatic heterocycles. The van der Waals surface area contributed by atoms with E-state index in [0.29, 0.717) is 58.6 Å². The Morgan fingerprint density at radius 2 is 1.33 bits per heavy atom. The van der Waals surface area contributed by atoms with E-state index in [9.17, 15) is 38.9 Å². The first-order valence-corrected chi connectivity index (χ1v) is 20.2.